The lowest BCUT2D eigenvalue weighted by Gasteiger charge is -2.13. The molecule has 2 aromatic rings. The van der Waals surface area contributed by atoms with Crippen LogP contribution in [0.15, 0.2) is 36.4 Å². The predicted molar refractivity (Wildman–Crippen MR) is 83.8 cm³/mol. The summed E-state index contributed by atoms with van der Waals surface area (Å²) >= 11 is 5.93. The topological polar surface area (TPSA) is 46.5 Å². The number of carboxylic acid groups (broad SMARTS) is 1. The molecule has 1 N–H and O–H groups in total. The number of hydrogen-bond acceptors (Lipinski definition) is 2. The molecular weight excluding hydrogens is 288 g/mol. The second-order valence-corrected chi connectivity index (χ2v) is 5.60. The van der Waals surface area contributed by atoms with Gasteiger partial charge in [-0.15, -0.1) is 0 Å². The number of ether oxygens (including phenoxy) is 1. The van der Waals surface area contributed by atoms with E-state index >= 15 is 0 Å². The van der Waals surface area contributed by atoms with Crippen molar-refractivity contribution in [2.75, 3.05) is 0 Å². The summed E-state index contributed by atoms with van der Waals surface area (Å²) < 4.78 is 5.70. The Kier molecular flexibility index (Phi) is 4.53. The van der Waals surface area contributed by atoms with Crippen molar-refractivity contribution in [3.63, 3.8) is 0 Å². The third-order valence-electron chi connectivity index (χ3n) is 3.28. The predicted octanol–water partition coefficient (Wildman–Crippen LogP) is 5.26. The van der Waals surface area contributed by atoms with Crippen molar-refractivity contribution in [1.82, 2.24) is 0 Å². The van der Waals surface area contributed by atoms with Crippen LogP contribution < -0.4 is 4.74 Å². The Balaban J connectivity index is 2.37. The van der Waals surface area contributed by atoms with Crippen molar-refractivity contribution in [2.24, 2.45) is 0 Å². The molecule has 0 fully saturated rings. The van der Waals surface area contributed by atoms with Crippen molar-refractivity contribution in [2.45, 2.75) is 26.7 Å². The van der Waals surface area contributed by atoms with Crippen LogP contribution in [0.25, 0.3) is 0 Å². The van der Waals surface area contributed by atoms with Gasteiger partial charge >= 0.3 is 5.97 Å². The molecule has 4 heteroatoms. The quantitative estimate of drug-likeness (QED) is 0.837. The highest BCUT2D eigenvalue weighted by Crippen LogP contribution is 2.32. The van der Waals surface area contributed by atoms with Crippen LogP contribution in [0.5, 0.6) is 11.5 Å². The zero-order valence-electron chi connectivity index (χ0n) is 12.2. The molecule has 0 aliphatic carbocycles. The van der Waals surface area contributed by atoms with Gasteiger partial charge in [-0.2, -0.15) is 0 Å². The molecule has 0 spiro atoms. The average Bonchev–Trinajstić information content (AvgIpc) is 2.37. The van der Waals surface area contributed by atoms with E-state index in [-0.39, 0.29) is 16.3 Å². The second-order valence-electron chi connectivity index (χ2n) is 5.19. The van der Waals surface area contributed by atoms with Gasteiger partial charge in [0.2, 0.25) is 0 Å². The van der Waals surface area contributed by atoms with E-state index in [1.54, 1.807) is 12.1 Å². The molecular formula is C17H17ClO3. The molecule has 0 saturated heterocycles. The van der Waals surface area contributed by atoms with Crippen LogP contribution in [0.4, 0.5) is 0 Å². The van der Waals surface area contributed by atoms with Crippen molar-refractivity contribution in [1.29, 1.82) is 0 Å². The van der Waals surface area contributed by atoms with Crippen molar-refractivity contribution in [3.05, 3.63) is 58.1 Å². The Morgan fingerprint density at radius 3 is 2.52 bits per heavy atom. The van der Waals surface area contributed by atoms with Crippen LogP contribution in [0.2, 0.25) is 5.02 Å². The number of aryl methyl sites for hydroxylation is 1. The highest BCUT2D eigenvalue weighted by molar-refractivity contribution is 6.33. The number of hydrogen-bond donors (Lipinski definition) is 1. The molecule has 0 aliphatic heterocycles. The lowest BCUT2D eigenvalue weighted by Crippen LogP contribution is -2.01. The maximum atomic E-state index is 11.3. The van der Waals surface area contributed by atoms with Crippen molar-refractivity contribution >= 4 is 17.6 Å². The normalized spacial score (nSPS) is 10.7. The summed E-state index contributed by atoms with van der Waals surface area (Å²) in [5.74, 6) is 0.166. The first-order valence-electron chi connectivity index (χ1n) is 6.70. The Morgan fingerprint density at radius 1 is 1.24 bits per heavy atom. The van der Waals surface area contributed by atoms with Crippen LogP contribution in [-0.2, 0) is 0 Å². The van der Waals surface area contributed by atoms with Crippen molar-refractivity contribution in [3.8, 4) is 11.5 Å². The highest BCUT2D eigenvalue weighted by Gasteiger charge is 2.16. The Bertz CT molecular complexity index is 678. The van der Waals surface area contributed by atoms with E-state index in [4.69, 9.17) is 16.3 Å². The molecule has 0 saturated carbocycles. The Morgan fingerprint density at radius 2 is 1.95 bits per heavy atom. The molecule has 110 valence electrons. The number of rotatable bonds is 4. The van der Waals surface area contributed by atoms with E-state index in [1.165, 1.54) is 11.6 Å². The minimum Gasteiger partial charge on any atom is -0.478 e. The number of benzene rings is 2. The summed E-state index contributed by atoms with van der Waals surface area (Å²) in [7, 11) is 0. The summed E-state index contributed by atoms with van der Waals surface area (Å²) in [4.78, 5) is 11.3. The number of carboxylic acids is 1. The molecule has 21 heavy (non-hydrogen) atoms. The van der Waals surface area contributed by atoms with Crippen LogP contribution in [0, 0.1) is 6.92 Å². The monoisotopic (exact) mass is 304 g/mol. The van der Waals surface area contributed by atoms with E-state index in [1.807, 2.05) is 25.1 Å². The summed E-state index contributed by atoms with van der Waals surface area (Å²) in [6, 6.07) is 10.5. The lowest BCUT2D eigenvalue weighted by atomic mass is 9.98. The first-order valence-corrected chi connectivity index (χ1v) is 7.08. The lowest BCUT2D eigenvalue weighted by molar-refractivity contribution is 0.0694. The summed E-state index contributed by atoms with van der Waals surface area (Å²) in [6.45, 7) is 6.27. The van der Waals surface area contributed by atoms with E-state index in [0.717, 1.165) is 5.56 Å². The molecule has 0 amide bonds. The van der Waals surface area contributed by atoms with E-state index in [0.29, 0.717) is 11.7 Å². The molecule has 0 aliphatic rings. The van der Waals surface area contributed by atoms with Gasteiger partial charge in [0.1, 0.15) is 17.1 Å². The van der Waals surface area contributed by atoms with Gasteiger partial charge < -0.3 is 9.84 Å². The zero-order valence-corrected chi connectivity index (χ0v) is 12.9. The fraction of sp³-hybridized carbons (Fsp3) is 0.235. The molecule has 2 aromatic carbocycles. The number of aromatic carboxylic acids is 1. The van der Waals surface area contributed by atoms with Gasteiger partial charge in [-0.05, 0) is 48.2 Å². The molecule has 2 rings (SSSR count). The van der Waals surface area contributed by atoms with E-state index < -0.39 is 5.97 Å². The first-order chi connectivity index (χ1) is 9.90. The molecule has 0 atom stereocenters. The third-order valence-corrected chi connectivity index (χ3v) is 3.60. The average molecular weight is 305 g/mol. The maximum absolute atomic E-state index is 11.3. The third kappa shape index (κ3) is 3.37. The highest BCUT2D eigenvalue weighted by atomic mass is 35.5. The summed E-state index contributed by atoms with van der Waals surface area (Å²) in [5.41, 5.74) is 2.33. The van der Waals surface area contributed by atoms with Crippen LogP contribution in [-0.4, -0.2) is 11.1 Å². The minimum atomic E-state index is -1.11. The van der Waals surface area contributed by atoms with Crippen LogP contribution in [0.1, 0.15) is 41.3 Å². The summed E-state index contributed by atoms with van der Waals surface area (Å²) in [5, 5.41) is 9.39. The molecule has 0 heterocycles. The SMILES string of the molecule is Cc1cc(Oc2cccc(Cl)c2C(=O)O)ccc1C(C)C. The number of carbonyl (C=O) groups is 1. The van der Waals surface area contributed by atoms with Gasteiger partial charge in [0.25, 0.3) is 0 Å². The van der Waals surface area contributed by atoms with Gasteiger partial charge in [-0.3, -0.25) is 0 Å². The van der Waals surface area contributed by atoms with Gasteiger partial charge in [0.05, 0.1) is 5.02 Å². The summed E-state index contributed by atoms with van der Waals surface area (Å²) in [6.07, 6.45) is 0. The zero-order chi connectivity index (χ0) is 15.6. The van der Waals surface area contributed by atoms with Crippen molar-refractivity contribution < 1.29 is 14.6 Å². The molecule has 0 aromatic heterocycles. The van der Waals surface area contributed by atoms with E-state index in [2.05, 4.69) is 13.8 Å². The smallest absolute Gasteiger partial charge is 0.341 e. The Labute approximate surface area is 129 Å². The van der Waals surface area contributed by atoms with Gasteiger partial charge in [-0.1, -0.05) is 37.6 Å². The molecule has 0 unspecified atom stereocenters. The van der Waals surface area contributed by atoms with Crippen LogP contribution in [0.3, 0.4) is 0 Å². The van der Waals surface area contributed by atoms with Crippen LogP contribution >= 0.6 is 11.6 Å². The first kappa shape index (κ1) is 15.4. The fourth-order valence-corrected chi connectivity index (χ4v) is 2.53. The molecule has 0 bridgehead atoms. The number of halogens is 1. The second kappa shape index (κ2) is 6.19. The van der Waals surface area contributed by atoms with Gasteiger partial charge in [-0.25, -0.2) is 4.79 Å². The van der Waals surface area contributed by atoms with E-state index in [9.17, 15) is 9.90 Å². The largest absolute Gasteiger partial charge is 0.478 e. The standard InChI is InChI=1S/C17H17ClO3/c1-10(2)13-8-7-12(9-11(13)3)21-15-6-4-5-14(18)16(15)17(19)20/h4-10H,1-3H3,(H,19,20). The van der Waals surface area contributed by atoms with Gasteiger partial charge in [0.15, 0.2) is 0 Å². The fourth-order valence-electron chi connectivity index (χ4n) is 2.28. The minimum absolute atomic E-state index is 0.0234. The Hall–Kier alpha value is -2.00. The molecule has 3 nitrogen and oxygen atoms in total. The maximum Gasteiger partial charge on any atom is 0.341 e. The molecule has 0 radical (unpaired) electrons. The van der Waals surface area contributed by atoms with Gasteiger partial charge in [0, 0.05) is 0 Å².